The fraction of sp³-hybridized carbons (Fsp3) is 0.167. The zero-order chi connectivity index (χ0) is 21.3. The number of hydrogen-bond donors (Lipinski definition) is 2. The largest absolute Gasteiger partial charge is 0.496 e. The third kappa shape index (κ3) is 3.72. The van der Waals surface area contributed by atoms with Crippen LogP contribution in [0.15, 0.2) is 60.8 Å². The number of fused-ring (bicyclic) bond motifs is 1. The predicted molar refractivity (Wildman–Crippen MR) is 121 cm³/mol. The standard InChI is InChI=1S/C24H24N4O2/c1-14(2)18-11-20(29-3)19(17-9-8-15-6-4-5-7-16(15)10-17)12-21(18)30-22-13-27-24(26)28-23(22)25/h4-14H,1-3H3,(H4,25,26,27,28). The Kier molecular flexibility index (Phi) is 5.14. The summed E-state index contributed by atoms with van der Waals surface area (Å²) >= 11 is 0. The quantitative estimate of drug-likeness (QED) is 0.466. The van der Waals surface area contributed by atoms with Crippen molar-refractivity contribution in [3.05, 3.63) is 66.4 Å². The molecule has 0 unspecified atom stereocenters. The van der Waals surface area contributed by atoms with Gasteiger partial charge in [-0.1, -0.05) is 50.2 Å². The van der Waals surface area contributed by atoms with Gasteiger partial charge in [0.25, 0.3) is 0 Å². The minimum absolute atomic E-state index is 0.107. The lowest BCUT2D eigenvalue weighted by molar-refractivity contribution is 0.412. The summed E-state index contributed by atoms with van der Waals surface area (Å²) in [4.78, 5) is 7.98. The maximum Gasteiger partial charge on any atom is 0.222 e. The van der Waals surface area contributed by atoms with Crippen LogP contribution in [-0.2, 0) is 0 Å². The number of ether oxygens (including phenoxy) is 2. The summed E-state index contributed by atoms with van der Waals surface area (Å²) in [6.07, 6.45) is 1.49. The predicted octanol–water partition coefficient (Wildman–Crippen LogP) is 5.39. The Morgan fingerprint density at radius 1 is 0.867 bits per heavy atom. The molecule has 0 saturated heterocycles. The van der Waals surface area contributed by atoms with Crippen molar-refractivity contribution in [2.24, 2.45) is 0 Å². The van der Waals surface area contributed by atoms with E-state index in [9.17, 15) is 0 Å². The minimum Gasteiger partial charge on any atom is -0.496 e. The van der Waals surface area contributed by atoms with Crippen molar-refractivity contribution in [1.82, 2.24) is 9.97 Å². The van der Waals surface area contributed by atoms with Gasteiger partial charge in [0.05, 0.1) is 13.3 Å². The van der Waals surface area contributed by atoms with E-state index in [2.05, 4.69) is 54.1 Å². The number of anilines is 2. The molecule has 1 heterocycles. The minimum atomic E-state index is 0.107. The van der Waals surface area contributed by atoms with Crippen molar-refractivity contribution in [3.63, 3.8) is 0 Å². The van der Waals surface area contributed by atoms with Crippen molar-refractivity contribution in [1.29, 1.82) is 0 Å². The first kappa shape index (κ1) is 19.5. The van der Waals surface area contributed by atoms with Gasteiger partial charge in [-0.2, -0.15) is 4.98 Å². The van der Waals surface area contributed by atoms with E-state index in [1.807, 2.05) is 24.3 Å². The van der Waals surface area contributed by atoms with E-state index in [1.165, 1.54) is 11.6 Å². The molecule has 0 fully saturated rings. The summed E-state index contributed by atoms with van der Waals surface area (Å²) in [6, 6.07) is 18.6. The van der Waals surface area contributed by atoms with E-state index >= 15 is 0 Å². The zero-order valence-electron chi connectivity index (χ0n) is 17.2. The van der Waals surface area contributed by atoms with Gasteiger partial charge < -0.3 is 20.9 Å². The van der Waals surface area contributed by atoms with Crippen LogP contribution in [0.3, 0.4) is 0 Å². The van der Waals surface area contributed by atoms with Gasteiger partial charge in [0.1, 0.15) is 11.5 Å². The maximum absolute atomic E-state index is 6.14. The highest BCUT2D eigenvalue weighted by molar-refractivity contribution is 5.88. The Morgan fingerprint density at radius 2 is 1.63 bits per heavy atom. The molecule has 0 amide bonds. The molecule has 3 aromatic carbocycles. The molecule has 30 heavy (non-hydrogen) atoms. The molecule has 0 saturated carbocycles. The van der Waals surface area contributed by atoms with E-state index in [0.29, 0.717) is 11.5 Å². The van der Waals surface area contributed by atoms with Gasteiger partial charge in [-0.05, 0) is 40.5 Å². The first-order valence-corrected chi connectivity index (χ1v) is 9.73. The molecule has 4 aromatic rings. The first-order chi connectivity index (χ1) is 14.5. The highest BCUT2D eigenvalue weighted by Crippen LogP contribution is 2.41. The Balaban J connectivity index is 1.86. The van der Waals surface area contributed by atoms with Gasteiger partial charge in [0.15, 0.2) is 11.6 Å². The molecule has 0 spiro atoms. The summed E-state index contributed by atoms with van der Waals surface area (Å²) in [5, 5.41) is 2.34. The maximum atomic E-state index is 6.14. The number of benzene rings is 3. The lowest BCUT2D eigenvalue weighted by Crippen LogP contribution is -2.03. The summed E-state index contributed by atoms with van der Waals surface area (Å²) < 4.78 is 11.9. The molecular formula is C24H24N4O2. The van der Waals surface area contributed by atoms with Crippen LogP contribution in [0.25, 0.3) is 21.9 Å². The fourth-order valence-corrected chi connectivity index (χ4v) is 3.46. The van der Waals surface area contributed by atoms with Crippen LogP contribution in [0.1, 0.15) is 25.3 Å². The average molecular weight is 400 g/mol. The van der Waals surface area contributed by atoms with Gasteiger partial charge in [-0.25, -0.2) is 4.98 Å². The molecule has 0 bridgehead atoms. The summed E-state index contributed by atoms with van der Waals surface area (Å²) in [5.41, 5.74) is 14.5. The van der Waals surface area contributed by atoms with Crippen LogP contribution >= 0.6 is 0 Å². The third-order valence-electron chi connectivity index (χ3n) is 5.04. The van der Waals surface area contributed by atoms with Gasteiger partial charge in [0.2, 0.25) is 5.95 Å². The number of nitrogens with two attached hydrogens (primary N) is 2. The molecule has 152 valence electrons. The third-order valence-corrected chi connectivity index (χ3v) is 5.04. The monoisotopic (exact) mass is 400 g/mol. The molecule has 6 nitrogen and oxygen atoms in total. The average Bonchev–Trinajstić information content (AvgIpc) is 2.74. The number of rotatable bonds is 5. The molecule has 0 aliphatic heterocycles. The van der Waals surface area contributed by atoms with Crippen molar-refractivity contribution in [3.8, 4) is 28.4 Å². The Bertz CT molecular complexity index is 1220. The van der Waals surface area contributed by atoms with E-state index in [1.54, 1.807) is 7.11 Å². The van der Waals surface area contributed by atoms with Gasteiger partial charge in [-0.15, -0.1) is 0 Å². The van der Waals surface area contributed by atoms with E-state index < -0.39 is 0 Å². The Hall–Kier alpha value is -3.80. The molecule has 0 radical (unpaired) electrons. The number of methoxy groups -OCH3 is 1. The molecular weight excluding hydrogens is 376 g/mol. The van der Waals surface area contributed by atoms with E-state index in [-0.39, 0.29) is 17.7 Å². The van der Waals surface area contributed by atoms with Crippen molar-refractivity contribution in [2.75, 3.05) is 18.6 Å². The van der Waals surface area contributed by atoms with E-state index in [0.717, 1.165) is 27.8 Å². The topological polar surface area (TPSA) is 96.3 Å². The number of nitrogen functional groups attached to an aromatic ring is 2. The lowest BCUT2D eigenvalue weighted by Gasteiger charge is -2.19. The van der Waals surface area contributed by atoms with Crippen LogP contribution in [0.5, 0.6) is 17.2 Å². The van der Waals surface area contributed by atoms with Gasteiger partial charge >= 0.3 is 0 Å². The van der Waals surface area contributed by atoms with Gasteiger partial charge in [-0.3, -0.25) is 0 Å². The number of aromatic nitrogens is 2. The second kappa shape index (κ2) is 7.91. The first-order valence-electron chi connectivity index (χ1n) is 9.73. The van der Waals surface area contributed by atoms with Crippen LogP contribution < -0.4 is 20.9 Å². The second-order valence-corrected chi connectivity index (χ2v) is 7.39. The van der Waals surface area contributed by atoms with Crippen LogP contribution in [0.2, 0.25) is 0 Å². The highest BCUT2D eigenvalue weighted by Gasteiger charge is 2.18. The van der Waals surface area contributed by atoms with Crippen LogP contribution in [0, 0.1) is 0 Å². The smallest absolute Gasteiger partial charge is 0.222 e. The fourth-order valence-electron chi connectivity index (χ4n) is 3.46. The van der Waals surface area contributed by atoms with Gasteiger partial charge in [0, 0.05) is 11.1 Å². The molecule has 1 aromatic heterocycles. The van der Waals surface area contributed by atoms with E-state index in [4.69, 9.17) is 20.9 Å². The molecule has 0 aliphatic rings. The molecule has 4 rings (SSSR count). The number of hydrogen-bond acceptors (Lipinski definition) is 6. The highest BCUT2D eigenvalue weighted by atomic mass is 16.5. The summed E-state index contributed by atoms with van der Waals surface area (Å²) in [7, 11) is 1.68. The summed E-state index contributed by atoms with van der Waals surface area (Å²) in [6.45, 7) is 4.19. The Morgan fingerprint density at radius 3 is 2.33 bits per heavy atom. The summed E-state index contributed by atoms with van der Waals surface area (Å²) in [5.74, 6) is 2.32. The Labute approximate surface area is 175 Å². The SMILES string of the molecule is COc1cc(C(C)C)c(Oc2cnc(N)nc2N)cc1-c1ccc2ccccc2c1. The van der Waals surface area contributed by atoms with Crippen molar-refractivity contribution in [2.45, 2.75) is 19.8 Å². The normalized spacial score (nSPS) is 11.1. The lowest BCUT2D eigenvalue weighted by atomic mass is 9.95. The molecule has 6 heteroatoms. The molecule has 0 aliphatic carbocycles. The zero-order valence-corrected chi connectivity index (χ0v) is 17.2. The van der Waals surface area contributed by atoms with Crippen LogP contribution in [-0.4, -0.2) is 17.1 Å². The van der Waals surface area contributed by atoms with Crippen molar-refractivity contribution >= 4 is 22.5 Å². The number of nitrogens with zero attached hydrogens (tertiary/aromatic N) is 2. The second-order valence-electron chi connectivity index (χ2n) is 7.39. The van der Waals surface area contributed by atoms with Crippen molar-refractivity contribution < 1.29 is 9.47 Å². The molecule has 4 N–H and O–H groups in total. The molecule has 0 atom stereocenters. The van der Waals surface area contributed by atoms with Crippen LogP contribution in [0.4, 0.5) is 11.8 Å².